The number of rotatable bonds is 7. The minimum atomic E-state index is -0.195. The third-order valence-electron chi connectivity index (χ3n) is 6.47. The molecular formula is C24H33N3O3S. The monoisotopic (exact) mass is 443 g/mol. The lowest BCUT2D eigenvalue weighted by atomic mass is 9.82. The fourth-order valence-corrected chi connectivity index (χ4v) is 5.78. The Hall–Kier alpha value is -1.80. The van der Waals surface area contributed by atoms with Gasteiger partial charge in [-0.2, -0.15) is 0 Å². The first-order valence-electron chi connectivity index (χ1n) is 11.4. The van der Waals surface area contributed by atoms with E-state index in [1.54, 1.807) is 12.3 Å². The number of hydrogen-bond donors (Lipinski definition) is 2. The number of likely N-dealkylation sites (tertiary alicyclic amines) is 1. The molecule has 2 aromatic rings. The highest BCUT2D eigenvalue weighted by molar-refractivity contribution is 7.12. The van der Waals surface area contributed by atoms with Crippen LogP contribution in [0.2, 0.25) is 0 Å². The predicted octanol–water partition coefficient (Wildman–Crippen LogP) is 3.27. The van der Waals surface area contributed by atoms with Crippen LogP contribution in [0.15, 0.2) is 24.4 Å². The Morgan fingerprint density at radius 1 is 1.39 bits per heavy atom. The second kappa shape index (κ2) is 9.77. The molecule has 1 fully saturated rings. The lowest BCUT2D eigenvalue weighted by molar-refractivity contribution is -0.0981. The predicted molar refractivity (Wildman–Crippen MR) is 122 cm³/mol. The van der Waals surface area contributed by atoms with E-state index >= 15 is 0 Å². The van der Waals surface area contributed by atoms with E-state index in [4.69, 9.17) is 9.84 Å². The molecule has 6 nitrogen and oxygen atoms in total. The van der Waals surface area contributed by atoms with Crippen LogP contribution in [0.4, 0.5) is 0 Å². The number of hydrogen-bond acceptors (Lipinski definition) is 6. The van der Waals surface area contributed by atoms with Gasteiger partial charge in [0.15, 0.2) is 0 Å². The van der Waals surface area contributed by atoms with E-state index in [2.05, 4.69) is 28.2 Å². The number of ether oxygens (including phenoxy) is 1. The minimum Gasteiger partial charge on any atom is -0.396 e. The average Bonchev–Trinajstić information content (AvgIpc) is 3.21. The number of thiophene rings is 1. The zero-order chi connectivity index (χ0) is 21.8. The van der Waals surface area contributed by atoms with Crippen LogP contribution in [0.3, 0.4) is 0 Å². The molecule has 0 radical (unpaired) electrons. The van der Waals surface area contributed by atoms with E-state index in [0.717, 1.165) is 57.5 Å². The van der Waals surface area contributed by atoms with Crippen LogP contribution in [0, 0.1) is 0 Å². The molecule has 1 unspecified atom stereocenters. The molecule has 2 aliphatic heterocycles. The molecule has 1 atom stereocenters. The number of nitrogens with one attached hydrogen (secondary N) is 1. The molecule has 0 aliphatic carbocycles. The van der Waals surface area contributed by atoms with Crippen molar-refractivity contribution in [1.29, 1.82) is 0 Å². The molecule has 4 heterocycles. The van der Waals surface area contributed by atoms with E-state index in [9.17, 15) is 4.79 Å². The number of piperidine rings is 1. The Kier molecular flexibility index (Phi) is 7.06. The SMILES string of the molecule is CCc1cc2c(s1)CCOC21CCN(Cc2ccc(C(=O)NC(C)CCO)nc2)CC1. The molecule has 7 heteroatoms. The maximum absolute atomic E-state index is 12.2. The average molecular weight is 444 g/mol. The van der Waals surface area contributed by atoms with Gasteiger partial charge >= 0.3 is 0 Å². The van der Waals surface area contributed by atoms with Crippen molar-refractivity contribution < 1.29 is 14.6 Å². The van der Waals surface area contributed by atoms with Gasteiger partial charge in [-0.3, -0.25) is 14.7 Å². The highest BCUT2D eigenvalue weighted by Gasteiger charge is 2.41. The summed E-state index contributed by atoms with van der Waals surface area (Å²) >= 11 is 1.97. The van der Waals surface area contributed by atoms with Crippen molar-refractivity contribution in [2.75, 3.05) is 26.3 Å². The number of carbonyl (C=O) groups excluding carboxylic acids is 1. The van der Waals surface area contributed by atoms with Crippen LogP contribution in [0.1, 0.15) is 64.5 Å². The van der Waals surface area contributed by atoms with Gasteiger partial charge in [-0.05, 0) is 55.9 Å². The van der Waals surface area contributed by atoms with Crippen LogP contribution < -0.4 is 5.32 Å². The number of aliphatic hydroxyl groups excluding tert-OH is 1. The number of fused-ring (bicyclic) bond motifs is 2. The Morgan fingerprint density at radius 3 is 2.87 bits per heavy atom. The summed E-state index contributed by atoms with van der Waals surface area (Å²) < 4.78 is 6.39. The Balaban J connectivity index is 1.34. The van der Waals surface area contributed by atoms with Gasteiger partial charge in [-0.15, -0.1) is 11.3 Å². The summed E-state index contributed by atoms with van der Waals surface area (Å²) in [4.78, 5) is 22.1. The molecule has 168 valence electrons. The van der Waals surface area contributed by atoms with Gasteiger partial charge in [-0.25, -0.2) is 0 Å². The molecule has 0 bridgehead atoms. The van der Waals surface area contributed by atoms with Gasteiger partial charge in [0.25, 0.3) is 5.91 Å². The van der Waals surface area contributed by atoms with E-state index in [-0.39, 0.29) is 24.2 Å². The maximum atomic E-state index is 12.2. The Bertz CT molecular complexity index is 888. The summed E-state index contributed by atoms with van der Waals surface area (Å²) in [7, 11) is 0. The molecule has 0 aromatic carbocycles. The van der Waals surface area contributed by atoms with Crippen molar-refractivity contribution in [3.63, 3.8) is 0 Å². The lowest BCUT2D eigenvalue weighted by Crippen LogP contribution is -2.45. The Labute approximate surface area is 188 Å². The van der Waals surface area contributed by atoms with Crippen molar-refractivity contribution in [2.45, 2.75) is 64.1 Å². The number of amides is 1. The second-order valence-corrected chi connectivity index (χ2v) is 9.93. The zero-order valence-electron chi connectivity index (χ0n) is 18.5. The largest absolute Gasteiger partial charge is 0.396 e. The molecule has 0 saturated carbocycles. The normalized spacial score (nSPS) is 19.2. The summed E-state index contributed by atoms with van der Waals surface area (Å²) in [6, 6.07) is 6.10. The highest BCUT2D eigenvalue weighted by atomic mass is 32.1. The fourth-order valence-electron chi connectivity index (χ4n) is 4.61. The standard InChI is InChI=1S/C24H33N3O3S/c1-3-19-14-20-22(31-19)7-13-30-24(20)8-10-27(11-9-24)16-18-4-5-21(25-15-18)23(29)26-17(2)6-12-28/h4-5,14-15,17,28H,3,6-13,16H2,1-2H3,(H,26,29). The summed E-state index contributed by atoms with van der Waals surface area (Å²) in [6.45, 7) is 7.83. The number of aliphatic hydroxyl groups is 1. The van der Waals surface area contributed by atoms with Crippen molar-refractivity contribution in [3.8, 4) is 0 Å². The van der Waals surface area contributed by atoms with Crippen LogP contribution in [-0.2, 0) is 29.7 Å². The lowest BCUT2D eigenvalue weighted by Gasteiger charge is -2.44. The smallest absolute Gasteiger partial charge is 0.270 e. The molecule has 4 rings (SSSR count). The number of nitrogens with zero attached hydrogens (tertiary/aromatic N) is 2. The van der Waals surface area contributed by atoms with Crippen LogP contribution in [-0.4, -0.2) is 53.2 Å². The summed E-state index contributed by atoms with van der Waals surface area (Å²) in [5, 5.41) is 11.8. The highest BCUT2D eigenvalue weighted by Crippen LogP contribution is 2.44. The number of pyridine rings is 1. The van der Waals surface area contributed by atoms with Gasteiger partial charge in [0.1, 0.15) is 5.69 Å². The first-order valence-corrected chi connectivity index (χ1v) is 12.2. The molecule has 1 saturated heterocycles. The second-order valence-electron chi connectivity index (χ2n) is 8.71. The van der Waals surface area contributed by atoms with Gasteiger partial charge < -0.3 is 15.2 Å². The minimum absolute atomic E-state index is 0.0590. The third kappa shape index (κ3) is 5.00. The maximum Gasteiger partial charge on any atom is 0.270 e. The van der Waals surface area contributed by atoms with Gasteiger partial charge in [0, 0.05) is 54.7 Å². The van der Waals surface area contributed by atoms with Crippen molar-refractivity contribution in [1.82, 2.24) is 15.2 Å². The molecular weight excluding hydrogens is 410 g/mol. The Morgan fingerprint density at radius 2 is 2.19 bits per heavy atom. The molecule has 31 heavy (non-hydrogen) atoms. The number of carbonyl (C=O) groups is 1. The number of aromatic nitrogens is 1. The molecule has 2 aromatic heterocycles. The van der Waals surface area contributed by atoms with E-state index < -0.39 is 0 Å². The molecule has 1 amide bonds. The molecule has 2 N–H and O–H groups in total. The van der Waals surface area contributed by atoms with Gasteiger partial charge in [0.2, 0.25) is 0 Å². The topological polar surface area (TPSA) is 74.7 Å². The van der Waals surface area contributed by atoms with E-state index in [0.29, 0.717) is 12.1 Å². The quantitative estimate of drug-likeness (QED) is 0.687. The van der Waals surface area contributed by atoms with E-state index in [1.165, 1.54) is 15.3 Å². The van der Waals surface area contributed by atoms with Crippen molar-refractivity contribution in [3.05, 3.63) is 51.0 Å². The summed E-state index contributed by atoms with van der Waals surface area (Å²) in [5.74, 6) is -0.195. The van der Waals surface area contributed by atoms with Crippen molar-refractivity contribution >= 4 is 17.2 Å². The summed E-state index contributed by atoms with van der Waals surface area (Å²) in [5.41, 5.74) is 2.88. The first-order chi connectivity index (χ1) is 15.0. The molecule has 1 spiro atoms. The van der Waals surface area contributed by atoms with Crippen molar-refractivity contribution in [2.24, 2.45) is 0 Å². The van der Waals surface area contributed by atoms with Gasteiger partial charge in [-0.1, -0.05) is 13.0 Å². The van der Waals surface area contributed by atoms with Crippen LogP contribution >= 0.6 is 11.3 Å². The van der Waals surface area contributed by atoms with E-state index in [1.807, 2.05) is 24.3 Å². The third-order valence-corrected chi connectivity index (χ3v) is 7.81. The van der Waals surface area contributed by atoms with Gasteiger partial charge in [0.05, 0.1) is 12.2 Å². The number of aryl methyl sites for hydroxylation is 1. The zero-order valence-corrected chi connectivity index (χ0v) is 19.3. The fraction of sp³-hybridized carbons (Fsp3) is 0.583. The first kappa shape index (κ1) is 22.4. The van der Waals surface area contributed by atoms with Crippen LogP contribution in [0.5, 0.6) is 0 Å². The van der Waals surface area contributed by atoms with Crippen LogP contribution in [0.25, 0.3) is 0 Å². The summed E-state index contributed by atoms with van der Waals surface area (Å²) in [6.07, 6.45) is 6.54. The molecule has 2 aliphatic rings.